The Morgan fingerprint density at radius 2 is 0.635 bits per heavy atom. The Hall–Kier alpha value is -3.21. The number of aryl methyl sites for hydroxylation is 1. The van der Waals surface area contributed by atoms with E-state index in [1.807, 2.05) is 12.1 Å². The van der Waals surface area contributed by atoms with Gasteiger partial charge in [0, 0.05) is 0 Å². The molecule has 0 unspecified atom stereocenters. The smallest absolute Gasteiger partial charge is 0.744 e. The van der Waals surface area contributed by atoms with E-state index in [0.717, 1.165) is 18.8 Å². The first kappa shape index (κ1) is 48.8. The minimum atomic E-state index is -4.25. The summed E-state index contributed by atoms with van der Waals surface area (Å²) in [4.78, 5) is -0.741. The van der Waals surface area contributed by atoms with Gasteiger partial charge >= 0.3 is 39.0 Å². The third-order valence-corrected chi connectivity index (χ3v) is 9.35. The van der Waals surface area contributed by atoms with E-state index in [0.29, 0.717) is 0 Å². The molecule has 5 aromatic carbocycles. The third kappa shape index (κ3) is 19.6. The van der Waals surface area contributed by atoms with E-state index >= 15 is 0 Å². The van der Waals surface area contributed by atoms with Crippen molar-refractivity contribution in [1.82, 2.24) is 0 Å². The molecule has 1 heterocycles. The van der Waals surface area contributed by atoms with Gasteiger partial charge in [-0.2, -0.15) is 0 Å². The van der Waals surface area contributed by atoms with E-state index in [4.69, 9.17) is 4.74 Å². The van der Waals surface area contributed by atoms with Crippen LogP contribution in [0.4, 0.5) is 0 Å². The van der Waals surface area contributed by atoms with E-state index in [1.165, 1.54) is 109 Å². The monoisotopic (exact) mass is 890 g/mol. The fourth-order valence-corrected chi connectivity index (χ4v) is 5.61. The Morgan fingerprint density at radius 3 is 0.865 bits per heavy atom. The van der Waals surface area contributed by atoms with Gasteiger partial charge in [0.05, 0.1) is 26.2 Å². The second-order valence-electron chi connectivity index (χ2n) is 9.63. The quantitative estimate of drug-likeness (QED) is 0.180. The molecular formula is C33H30O13S4Zn2. The van der Waals surface area contributed by atoms with E-state index in [9.17, 15) is 51.9 Å². The van der Waals surface area contributed by atoms with Crippen molar-refractivity contribution < 1.29 is 95.6 Å². The largest absolute Gasteiger partial charge is 2.00 e. The Morgan fingerprint density at radius 1 is 0.385 bits per heavy atom. The Balaban J connectivity index is 0.000000619. The molecule has 0 saturated heterocycles. The fourth-order valence-electron chi connectivity index (χ4n) is 3.64. The molecule has 19 heteroatoms. The summed E-state index contributed by atoms with van der Waals surface area (Å²) in [6.07, 6.45) is 2.34. The van der Waals surface area contributed by atoms with E-state index in [1.54, 1.807) is 24.3 Å². The van der Waals surface area contributed by atoms with Gasteiger partial charge in [-0.3, -0.25) is 0 Å². The summed E-state index contributed by atoms with van der Waals surface area (Å²) < 4.78 is 129. The maximum atomic E-state index is 10.3. The van der Waals surface area contributed by atoms with Gasteiger partial charge in [0.1, 0.15) is 46.2 Å². The molecule has 13 nitrogen and oxygen atoms in total. The van der Waals surface area contributed by atoms with Crippen LogP contribution in [0.1, 0.15) is 12.0 Å². The van der Waals surface area contributed by atoms with Gasteiger partial charge in [0.15, 0.2) is 0 Å². The van der Waals surface area contributed by atoms with Gasteiger partial charge in [-0.05, 0) is 73.0 Å². The summed E-state index contributed by atoms with van der Waals surface area (Å²) in [7, 11) is -17.0. The average Bonchev–Trinajstić information content (AvgIpc) is 3.10. The zero-order valence-corrected chi connectivity index (χ0v) is 36.5. The van der Waals surface area contributed by atoms with Crippen molar-refractivity contribution >= 4 is 40.5 Å². The van der Waals surface area contributed by atoms with E-state index in [-0.39, 0.29) is 58.5 Å². The van der Waals surface area contributed by atoms with Gasteiger partial charge < -0.3 is 22.9 Å². The van der Waals surface area contributed by atoms with Gasteiger partial charge in [-0.15, -0.1) is 0 Å². The topological polar surface area (TPSA) is 238 Å². The van der Waals surface area contributed by atoms with Crippen molar-refractivity contribution in [3.05, 3.63) is 151 Å². The zero-order chi connectivity index (χ0) is 37.3. The molecular weight excluding hydrogens is 863 g/mol. The van der Waals surface area contributed by atoms with Crippen LogP contribution in [0.2, 0.25) is 0 Å². The van der Waals surface area contributed by atoms with Crippen LogP contribution in [-0.4, -0.2) is 58.5 Å². The average molecular weight is 894 g/mol. The summed E-state index contributed by atoms with van der Waals surface area (Å²) in [5, 5.41) is 0. The number of hydrogen-bond acceptors (Lipinski definition) is 13. The Labute approximate surface area is 329 Å². The van der Waals surface area contributed by atoms with Gasteiger partial charge in [0.25, 0.3) is 0 Å². The first-order valence-electron chi connectivity index (χ1n) is 14.1. The molecule has 0 spiro atoms. The van der Waals surface area contributed by atoms with Crippen LogP contribution in [0, 0.1) is 0 Å². The maximum Gasteiger partial charge on any atom is 2.00 e. The summed E-state index contributed by atoms with van der Waals surface area (Å²) >= 11 is 0. The number of para-hydroxylation sites is 1. The van der Waals surface area contributed by atoms with Gasteiger partial charge in [-0.25, -0.2) is 33.7 Å². The third-order valence-electron chi connectivity index (χ3n) is 5.95. The molecule has 0 radical (unpaired) electrons. The van der Waals surface area contributed by atoms with Crippen molar-refractivity contribution in [2.75, 3.05) is 6.61 Å². The van der Waals surface area contributed by atoms with Crippen LogP contribution in [0.15, 0.2) is 165 Å². The normalized spacial score (nSPS) is 11.7. The van der Waals surface area contributed by atoms with Gasteiger partial charge in [-0.1, -0.05) is 91.0 Å². The minimum Gasteiger partial charge on any atom is -0.744 e. The molecule has 1 aliphatic rings. The van der Waals surface area contributed by atoms with Crippen LogP contribution >= 0.6 is 0 Å². The van der Waals surface area contributed by atoms with Crippen molar-refractivity contribution in [3.63, 3.8) is 0 Å². The van der Waals surface area contributed by atoms with E-state index in [2.05, 4.69) is 12.1 Å². The molecule has 0 aromatic heterocycles. The summed E-state index contributed by atoms with van der Waals surface area (Å²) in [6.45, 7) is 0.886. The molecule has 0 amide bonds. The molecule has 6 rings (SSSR count). The van der Waals surface area contributed by atoms with Crippen LogP contribution < -0.4 is 4.74 Å². The number of rotatable bonds is 4. The zero-order valence-electron chi connectivity index (χ0n) is 27.3. The molecule has 0 fully saturated rings. The van der Waals surface area contributed by atoms with Gasteiger partial charge in [0.2, 0.25) is 0 Å². The fraction of sp³-hybridized carbons (Fsp3) is 0.0909. The number of ether oxygens (including phenoxy) is 1. The molecule has 0 aliphatic carbocycles. The Kier molecular flexibility index (Phi) is 22.0. The molecule has 1 aliphatic heterocycles. The SMILES string of the molecule is O=S(=O)([O-])c1ccccc1.O=S(=O)([O-])c1ccccc1.O=S(=O)([O-])c1ccccc1.O=S(=O)([O-])c1ccccc1.[Zn+2].[Zn+2].c1ccc2c(c1)CCCO2. The number of benzene rings is 5. The van der Waals surface area contributed by atoms with E-state index < -0.39 is 40.5 Å². The molecule has 268 valence electrons. The van der Waals surface area contributed by atoms with Crippen molar-refractivity contribution in [2.45, 2.75) is 32.4 Å². The van der Waals surface area contributed by atoms with Crippen LogP contribution in [0.5, 0.6) is 5.75 Å². The molecule has 52 heavy (non-hydrogen) atoms. The standard InChI is InChI=1S/C9H10O.4C6H6O3S.2Zn/c1-2-6-9-8(4-1)5-3-7-10-9;4*7-10(8,9)6-4-2-1-3-5-6;;/h1-2,4,6H,3,5,7H2;4*1-5H,(H,7,8,9);;/q;;;;;2*+2/p-4. The minimum absolute atomic E-state index is 0. The van der Waals surface area contributed by atoms with Crippen LogP contribution in [0.25, 0.3) is 0 Å². The molecule has 0 atom stereocenters. The first-order chi connectivity index (χ1) is 23.4. The summed E-state index contributed by atoms with van der Waals surface area (Å²) in [5.74, 6) is 1.08. The molecule has 0 saturated carbocycles. The van der Waals surface area contributed by atoms with Crippen molar-refractivity contribution in [1.29, 1.82) is 0 Å². The summed E-state index contributed by atoms with van der Waals surface area (Å²) in [6, 6.07) is 37.0. The maximum absolute atomic E-state index is 10.3. The van der Waals surface area contributed by atoms with Crippen LogP contribution in [-0.2, 0) is 85.8 Å². The number of fused-ring (bicyclic) bond motifs is 1. The second-order valence-corrected chi connectivity index (χ2v) is 15.1. The molecule has 0 N–H and O–H groups in total. The first-order valence-corrected chi connectivity index (χ1v) is 19.8. The predicted octanol–water partition coefficient (Wildman–Crippen LogP) is 4.37. The summed E-state index contributed by atoms with van der Waals surface area (Å²) in [5.41, 5.74) is 1.36. The van der Waals surface area contributed by atoms with Crippen LogP contribution in [0.3, 0.4) is 0 Å². The second kappa shape index (κ2) is 23.5. The molecule has 5 aromatic rings. The van der Waals surface area contributed by atoms with Crippen molar-refractivity contribution in [2.24, 2.45) is 0 Å². The molecule has 0 bridgehead atoms. The van der Waals surface area contributed by atoms with Crippen molar-refractivity contribution in [3.8, 4) is 5.75 Å². The predicted molar refractivity (Wildman–Crippen MR) is 178 cm³/mol. The Bertz CT molecular complexity index is 1900. The number of hydrogen-bond donors (Lipinski definition) is 0.